The van der Waals surface area contributed by atoms with Gasteiger partial charge in [0.15, 0.2) is 11.2 Å². The molecule has 0 aliphatic rings. The first-order valence-corrected chi connectivity index (χ1v) is 4.61. The van der Waals surface area contributed by atoms with Crippen molar-refractivity contribution in [3.05, 3.63) is 10.5 Å². The van der Waals surface area contributed by atoms with Crippen molar-refractivity contribution in [1.29, 1.82) is 0 Å². The lowest BCUT2D eigenvalue weighted by Gasteiger charge is -2.04. The fourth-order valence-electron chi connectivity index (χ4n) is 1.58. The number of methoxy groups -OCH3 is 2. The average molecular weight is 224 g/mol. The second-order valence-electron chi connectivity index (χ2n) is 3.29. The van der Waals surface area contributed by atoms with Crippen LogP contribution in [0.2, 0.25) is 0 Å². The van der Waals surface area contributed by atoms with Crippen molar-refractivity contribution in [2.75, 3.05) is 14.2 Å². The number of aromatic nitrogens is 4. The molecule has 2 aromatic heterocycles. The molecule has 0 aliphatic heterocycles. The van der Waals surface area contributed by atoms with E-state index in [-0.39, 0.29) is 11.7 Å². The molecule has 7 heteroatoms. The highest BCUT2D eigenvalue weighted by atomic mass is 16.5. The van der Waals surface area contributed by atoms with Gasteiger partial charge in [0.05, 0.1) is 14.2 Å². The minimum atomic E-state index is -0.184. The summed E-state index contributed by atoms with van der Waals surface area (Å²) in [5.74, 6) is 0.321. The van der Waals surface area contributed by atoms with E-state index in [1.165, 1.54) is 23.4 Å². The van der Waals surface area contributed by atoms with Crippen molar-refractivity contribution in [2.24, 2.45) is 14.1 Å². The van der Waals surface area contributed by atoms with Gasteiger partial charge >= 0.3 is 11.7 Å². The topological polar surface area (TPSA) is 71.2 Å². The van der Waals surface area contributed by atoms with Crippen molar-refractivity contribution in [3.63, 3.8) is 0 Å². The van der Waals surface area contributed by atoms with Gasteiger partial charge in [-0.05, 0) is 0 Å². The number of hydrogen-bond donors (Lipinski definition) is 0. The van der Waals surface area contributed by atoms with E-state index in [9.17, 15) is 4.79 Å². The Morgan fingerprint density at radius 3 is 2.31 bits per heavy atom. The largest absolute Gasteiger partial charge is 0.479 e. The van der Waals surface area contributed by atoms with E-state index in [4.69, 9.17) is 9.47 Å². The lowest BCUT2D eigenvalue weighted by atomic mass is 10.5. The van der Waals surface area contributed by atoms with Crippen molar-refractivity contribution in [1.82, 2.24) is 19.1 Å². The molecule has 7 nitrogen and oxygen atoms in total. The van der Waals surface area contributed by atoms with Crippen molar-refractivity contribution in [3.8, 4) is 11.9 Å². The highest BCUT2D eigenvalue weighted by Gasteiger charge is 2.17. The maximum Gasteiger partial charge on any atom is 0.329 e. The zero-order chi connectivity index (χ0) is 11.9. The van der Waals surface area contributed by atoms with Gasteiger partial charge in [0, 0.05) is 14.1 Å². The Hall–Kier alpha value is -2.05. The van der Waals surface area contributed by atoms with Crippen LogP contribution in [-0.2, 0) is 14.1 Å². The summed E-state index contributed by atoms with van der Waals surface area (Å²) in [6.07, 6.45) is 0. The Labute approximate surface area is 91.2 Å². The van der Waals surface area contributed by atoms with Gasteiger partial charge < -0.3 is 9.47 Å². The van der Waals surface area contributed by atoms with Gasteiger partial charge in [-0.1, -0.05) is 0 Å². The van der Waals surface area contributed by atoms with Crippen molar-refractivity contribution in [2.45, 2.75) is 0 Å². The van der Waals surface area contributed by atoms with E-state index in [1.54, 1.807) is 14.1 Å². The Morgan fingerprint density at radius 2 is 1.75 bits per heavy atom. The molecule has 0 bridgehead atoms. The maximum absolute atomic E-state index is 11.7. The highest BCUT2D eigenvalue weighted by Crippen LogP contribution is 2.22. The van der Waals surface area contributed by atoms with Gasteiger partial charge in [0.1, 0.15) is 0 Å². The molecule has 86 valence electrons. The monoisotopic (exact) mass is 224 g/mol. The smallest absolute Gasteiger partial charge is 0.329 e. The molecule has 2 aromatic rings. The normalized spacial score (nSPS) is 10.8. The van der Waals surface area contributed by atoms with E-state index in [2.05, 4.69) is 9.97 Å². The lowest BCUT2D eigenvalue weighted by Crippen LogP contribution is -2.19. The van der Waals surface area contributed by atoms with Crippen LogP contribution in [0, 0.1) is 0 Å². The van der Waals surface area contributed by atoms with Crippen LogP contribution in [0.5, 0.6) is 11.9 Å². The van der Waals surface area contributed by atoms with Crippen LogP contribution in [-0.4, -0.2) is 33.3 Å². The number of hydrogen-bond acceptors (Lipinski definition) is 5. The Bertz CT molecular complexity index is 599. The van der Waals surface area contributed by atoms with Gasteiger partial charge in [0.25, 0.3) is 0 Å². The molecule has 0 aromatic carbocycles. The van der Waals surface area contributed by atoms with Gasteiger partial charge in [-0.25, -0.2) is 4.79 Å². The third-order valence-electron chi connectivity index (χ3n) is 2.42. The van der Waals surface area contributed by atoms with Crippen LogP contribution in [0.3, 0.4) is 0 Å². The summed E-state index contributed by atoms with van der Waals surface area (Å²) >= 11 is 0. The first-order chi connectivity index (χ1) is 7.60. The first kappa shape index (κ1) is 10.5. The summed E-state index contributed by atoms with van der Waals surface area (Å²) in [6.45, 7) is 0. The summed E-state index contributed by atoms with van der Waals surface area (Å²) in [4.78, 5) is 19.9. The van der Waals surface area contributed by atoms with Crippen LogP contribution >= 0.6 is 0 Å². The van der Waals surface area contributed by atoms with Gasteiger partial charge in [-0.2, -0.15) is 9.97 Å². The fraction of sp³-hybridized carbons (Fsp3) is 0.444. The molecule has 2 rings (SSSR count). The number of rotatable bonds is 2. The van der Waals surface area contributed by atoms with E-state index in [1.807, 2.05) is 0 Å². The van der Waals surface area contributed by atoms with E-state index in [0.29, 0.717) is 17.0 Å². The summed E-state index contributed by atoms with van der Waals surface area (Å²) in [5, 5.41) is 0. The minimum absolute atomic E-state index is 0.172. The SMILES string of the molecule is COc1nc(OC)c2c(n1)n(C)c(=O)n2C. The number of aryl methyl sites for hydroxylation is 2. The third-order valence-corrected chi connectivity index (χ3v) is 2.42. The summed E-state index contributed by atoms with van der Waals surface area (Å²) < 4.78 is 12.9. The second-order valence-corrected chi connectivity index (χ2v) is 3.29. The number of ether oxygens (including phenoxy) is 2. The molecule has 0 fully saturated rings. The molecule has 16 heavy (non-hydrogen) atoms. The minimum Gasteiger partial charge on any atom is -0.479 e. The Balaban J connectivity index is 2.95. The molecular formula is C9H12N4O3. The third kappa shape index (κ3) is 1.24. The maximum atomic E-state index is 11.7. The van der Waals surface area contributed by atoms with Crippen LogP contribution < -0.4 is 15.2 Å². The van der Waals surface area contributed by atoms with Gasteiger partial charge in [0.2, 0.25) is 5.88 Å². The van der Waals surface area contributed by atoms with E-state index >= 15 is 0 Å². The fourth-order valence-corrected chi connectivity index (χ4v) is 1.58. The Morgan fingerprint density at radius 1 is 1.06 bits per heavy atom. The summed E-state index contributed by atoms with van der Waals surface area (Å²) in [6, 6.07) is 0.172. The summed E-state index contributed by atoms with van der Waals surface area (Å²) in [5.41, 5.74) is 0.850. The Kier molecular flexibility index (Phi) is 2.30. The van der Waals surface area contributed by atoms with E-state index in [0.717, 1.165) is 0 Å². The van der Waals surface area contributed by atoms with Crippen LogP contribution in [0.4, 0.5) is 0 Å². The van der Waals surface area contributed by atoms with Crippen LogP contribution in [0.25, 0.3) is 11.2 Å². The molecule has 2 heterocycles. The molecule has 0 saturated carbocycles. The standard InChI is InChI=1S/C9H12N4O3/c1-12-5-6(13(2)9(12)14)10-8(16-4)11-7(5)15-3/h1-4H3. The molecule has 0 amide bonds. The molecule has 0 spiro atoms. The average Bonchev–Trinajstić information content (AvgIpc) is 2.53. The van der Waals surface area contributed by atoms with Crippen molar-refractivity contribution < 1.29 is 9.47 Å². The lowest BCUT2D eigenvalue weighted by molar-refractivity contribution is 0.355. The van der Waals surface area contributed by atoms with Gasteiger partial charge in [-0.3, -0.25) is 9.13 Å². The predicted molar refractivity (Wildman–Crippen MR) is 56.9 cm³/mol. The number of imidazole rings is 1. The van der Waals surface area contributed by atoms with Crippen LogP contribution in [0.1, 0.15) is 0 Å². The molecule has 0 atom stereocenters. The van der Waals surface area contributed by atoms with Gasteiger partial charge in [-0.15, -0.1) is 0 Å². The first-order valence-electron chi connectivity index (χ1n) is 4.61. The molecule has 0 saturated heterocycles. The molecule has 0 aliphatic carbocycles. The zero-order valence-corrected chi connectivity index (χ0v) is 9.51. The molecule has 0 N–H and O–H groups in total. The highest BCUT2D eigenvalue weighted by molar-refractivity contribution is 5.77. The molecular weight excluding hydrogens is 212 g/mol. The predicted octanol–water partition coefficient (Wildman–Crippen LogP) is -0.316. The molecule has 0 radical (unpaired) electrons. The number of nitrogens with zero attached hydrogens (tertiary/aromatic N) is 4. The second kappa shape index (κ2) is 3.51. The molecule has 0 unspecified atom stereocenters. The quantitative estimate of drug-likeness (QED) is 0.699. The number of fused-ring (bicyclic) bond motifs is 1. The zero-order valence-electron chi connectivity index (χ0n) is 9.51. The van der Waals surface area contributed by atoms with Crippen molar-refractivity contribution >= 4 is 11.2 Å². The van der Waals surface area contributed by atoms with Crippen LogP contribution in [0.15, 0.2) is 4.79 Å². The summed E-state index contributed by atoms with van der Waals surface area (Å²) in [7, 11) is 6.22. The van der Waals surface area contributed by atoms with E-state index < -0.39 is 0 Å².